The van der Waals surface area contributed by atoms with Crippen LogP contribution < -0.4 is 0 Å². The first-order chi connectivity index (χ1) is 5.68. The van der Waals surface area contributed by atoms with Gasteiger partial charge in [-0.1, -0.05) is 13.8 Å². The number of rotatable bonds is 7. The van der Waals surface area contributed by atoms with Gasteiger partial charge in [0.25, 0.3) is 0 Å². The van der Waals surface area contributed by atoms with Gasteiger partial charge >= 0.3 is 0 Å². The van der Waals surface area contributed by atoms with Crippen molar-refractivity contribution in [2.45, 2.75) is 32.8 Å². The van der Waals surface area contributed by atoms with E-state index in [1.54, 1.807) is 0 Å². The molecule has 3 nitrogen and oxygen atoms in total. The number of hydrogen-bond donors (Lipinski definition) is 2. The second-order valence-electron chi connectivity index (χ2n) is 3.29. The van der Waals surface area contributed by atoms with Crippen molar-refractivity contribution < 1.29 is 14.9 Å². The van der Waals surface area contributed by atoms with Gasteiger partial charge in [-0.2, -0.15) is 0 Å². The SMILES string of the molecule is CC(C)C(O)CCCOCCO. The van der Waals surface area contributed by atoms with Gasteiger partial charge in [0, 0.05) is 6.61 Å². The van der Waals surface area contributed by atoms with Crippen molar-refractivity contribution in [1.82, 2.24) is 0 Å². The van der Waals surface area contributed by atoms with Crippen molar-refractivity contribution in [3.8, 4) is 0 Å². The Balaban J connectivity index is 3.08. The second kappa shape index (κ2) is 7.53. The summed E-state index contributed by atoms with van der Waals surface area (Å²) < 4.78 is 5.05. The zero-order chi connectivity index (χ0) is 9.40. The first-order valence-electron chi connectivity index (χ1n) is 4.55. The summed E-state index contributed by atoms with van der Waals surface area (Å²) >= 11 is 0. The Labute approximate surface area is 74.4 Å². The minimum atomic E-state index is -0.220. The average molecular weight is 176 g/mol. The van der Waals surface area contributed by atoms with Gasteiger partial charge in [-0.25, -0.2) is 0 Å². The molecule has 74 valence electrons. The summed E-state index contributed by atoms with van der Waals surface area (Å²) in [6.07, 6.45) is 1.42. The quantitative estimate of drug-likeness (QED) is 0.564. The van der Waals surface area contributed by atoms with Crippen molar-refractivity contribution in [2.75, 3.05) is 19.8 Å². The normalized spacial score (nSPS) is 13.8. The number of aliphatic hydroxyl groups is 2. The van der Waals surface area contributed by atoms with Crippen LogP contribution in [0.1, 0.15) is 26.7 Å². The minimum Gasteiger partial charge on any atom is -0.394 e. The monoisotopic (exact) mass is 176 g/mol. The molecule has 0 fully saturated rings. The highest BCUT2D eigenvalue weighted by Gasteiger charge is 2.07. The number of ether oxygens (including phenoxy) is 1. The molecule has 0 radical (unpaired) electrons. The topological polar surface area (TPSA) is 49.7 Å². The van der Waals surface area contributed by atoms with E-state index in [9.17, 15) is 5.11 Å². The van der Waals surface area contributed by atoms with Crippen LogP contribution in [0.25, 0.3) is 0 Å². The van der Waals surface area contributed by atoms with Crippen molar-refractivity contribution in [3.05, 3.63) is 0 Å². The van der Waals surface area contributed by atoms with Gasteiger partial charge in [-0.3, -0.25) is 0 Å². The molecule has 2 N–H and O–H groups in total. The van der Waals surface area contributed by atoms with Gasteiger partial charge in [0.05, 0.1) is 19.3 Å². The Morgan fingerprint density at radius 1 is 1.25 bits per heavy atom. The fourth-order valence-corrected chi connectivity index (χ4v) is 0.894. The second-order valence-corrected chi connectivity index (χ2v) is 3.29. The highest BCUT2D eigenvalue weighted by molar-refractivity contribution is 4.58. The van der Waals surface area contributed by atoms with E-state index in [0.717, 1.165) is 12.8 Å². The molecular weight excluding hydrogens is 156 g/mol. The molecule has 1 unspecified atom stereocenters. The maximum Gasteiger partial charge on any atom is 0.0697 e. The lowest BCUT2D eigenvalue weighted by molar-refractivity contribution is 0.0687. The first kappa shape index (κ1) is 11.9. The van der Waals surface area contributed by atoms with E-state index in [2.05, 4.69) is 0 Å². The Morgan fingerprint density at radius 3 is 2.42 bits per heavy atom. The Bertz CT molecular complexity index is 93.8. The molecule has 0 aromatic rings. The fraction of sp³-hybridized carbons (Fsp3) is 1.00. The van der Waals surface area contributed by atoms with E-state index < -0.39 is 0 Å². The molecule has 0 rings (SSSR count). The van der Waals surface area contributed by atoms with E-state index >= 15 is 0 Å². The summed E-state index contributed by atoms with van der Waals surface area (Å²) in [5, 5.41) is 17.8. The van der Waals surface area contributed by atoms with Crippen LogP contribution in [0, 0.1) is 5.92 Å². The van der Waals surface area contributed by atoms with Crippen molar-refractivity contribution in [1.29, 1.82) is 0 Å². The molecule has 0 aliphatic rings. The van der Waals surface area contributed by atoms with Crippen LogP contribution in [0.2, 0.25) is 0 Å². The molecule has 1 atom stereocenters. The Morgan fingerprint density at radius 2 is 1.92 bits per heavy atom. The van der Waals surface area contributed by atoms with Crippen LogP contribution in [0.15, 0.2) is 0 Å². The summed E-state index contributed by atoms with van der Waals surface area (Å²) in [5.74, 6) is 0.322. The molecule has 0 spiro atoms. The fourth-order valence-electron chi connectivity index (χ4n) is 0.894. The van der Waals surface area contributed by atoms with Crippen LogP contribution in [0.5, 0.6) is 0 Å². The van der Waals surface area contributed by atoms with Crippen LogP contribution in [-0.4, -0.2) is 36.1 Å². The average Bonchev–Trinajstić information content (AvgIpc) is 2.03. The van der Waals surface area contributed by atoms with Crippen LogP contribution >= 0.6 is 0 Å². The zero-order valence-electron chi connectivity index (χ0n) is 7.99. The zero-order valence-corrected chi connectivity index (χ0v) is 7.99. The van der Waals surface area contributed by atoms with Crippen molar-refractivity contribution >= 4 is 0 Å². The Hall–Kier alpha value is -0.120. The molecule has 0 saturated carbocycles. The molecule has 0 aliphatic heterocycles. The molecule has 0 bridgehead atoms. The van der Waals surface area contributed by atoms with Crippen LogP contribution in [-0.2, 0) is 4.74 Å². The molecular formula is C9H20O3. The van der Waals surface area contributed by atoms with E-state index in [4.69, 9.17) is 9.84 Å². The standard InChI is InChI=1S/C9H20O3/c1-8(2)9(11)4-3-6-12-7-5-10/h8-11H,3-7H2,1-2H3. The minimum absolute atomic E-state index is 0.0761. The van der Waals surface area contributed by atoms with Crippen molar-refractivity contribution in [2.24, 2.45) is 5.92 Å². The molecule has 0 aliphatic carbocycles. The van der Waals surface area contributed by atoms with E-state index in [0.29, 0.717) is 19.1 Å². The first-order valence-corrected chi connectivity index (χ1v) is 4.55. The van der Waals surface area contributed by atoms with Gasteiger partial charge in [0.2, 0.25) is 0 Å². The highest BCUT2D eigenvalue weighted by Crippen LogP contribution is 2.07. The molecule has 0 aromatic carbocycles. The smallest absolute Gasteiger partial charge is 0.0697 e. The summed E-state index contributed by atoms with van der Waals surface area (Å²) in [6, 6.07) is 0. The molecule has 0 heterocycles. The number of hydrogen-bond acceptors (Lipinski definition) is 3. The summed E-state index contributed by atoms with van der Waals surface area (Å²) in [7, 11) is 0. The summed E-state index contributed by atoms with van der Waals surface area (Å²) in [6.45, 7) is 5.10. The molecule has 0 saturated heterocycles. The molecule has 0 aromatic heterocycles. The predicted octanol–water partition coefficient (Wildman–Crippen LogP) is 0.792. The maximum atomic E-state index is 9.38. The third-order valence-electron chi connectivity index (χ3n) is 1.79. The van der Waals surface area contributed by atoms with Gasteiger partial charge in [-0.15, -0.1) is 0 Å². The van der Waals surface area contributed by atoms with E-state index in [1.165, 1.54) is 0 Å². The van der Waals surface area contributed by atoms with E-state index in [1.807, 2.05) is 13.8 Å². The van der Waals surface area contributed by atoms with Gasteiger partial charge in [-0.05, 0) is 18.8 Å². The highest BCUT2D eigenvalue weighted by atomic mass is 16.5. The van der Waals surface area contributed by atoms with Gasteiger partial charge in [0.1, 0.15) is 0 Å². The summed E-state index contributed by atoms with van der Waals surface area (Å²) in [5.41, 5.74) is 0. The van der Waals surface area contributed by atoms with Gasteiger partial charge < -0.3 is 14.9 Å². The molecule has 0 amide bonds. The Kier molecular flexibility index (Phi) is 7.45. The third-order valence-corrected chi connectivity index (χ3v) is 1.79. The largest absolute Gasteiger partial charge is 0.394 e. The van der Waals surface area contributed by atoms with Crippen molar-refractivity contribution in [3.63, 3.8) is 0 Å². The maximum absolute atomic E-state index is 9.38. The summed E-state index contributed by atoms with van der Waals surface area (Å²) in [4.78, 5) is 0. The molecule has 3 heteroatoms. The lowest BCUT2D eigenvalue weighted by Crippen LogP contribution is -2.15. The predicted molar refractivity (Wildman–Crippen MR) is 48.0 cm³/mol. The van der Waals surface area contributed by atoms with Gasteiger partial charge in [0.15, 0.2) is 0 Å². The molecule has 12 heavy (non-hydrogen) atoms. The van der Waals surface area contributed by atoms with Crippen LogP contribution in [0.4, 0.5) is 0 Å². The third kappa shape index (κ3) is 6.58. The number of aliphatic hydroxyl groups excluding tert-OH is 2. The van der Waals surface area contributed by atoms with E-state index in [-0.39, 0.29) is 12.7 Å². The van der Waals surface area contributed by atoms with Crippen LogP contribution in [0.3, 0.4) is 0 Å². The lowest BCUT2D eigenvalue weighted by Gasteiger charge is -2.13. The lowest BCUT2D eigenvalue weighted by atomic mass is 10.0.